The molecule has 1 aromatic carbocycles. The topological polar surface area (TPSA) is 95.6 Å². The third kappa shape index (κ3) is 2.98. The van der Waals surface area contributed by atoms with Crippen LogP contribution in [0.15, 0.2) is 30.0 Å². The number of ketones is 1. The second-order valence-electron chi connectivity index (χ2n) is 11.8. The van der Waals surface area contributed by atoms with Crippen LogP contribution in [0.2, 0.25) is 0 Å². The summed E-state index contributed by atoms with van der Waals surface area (Å²) in [5, 5.41) is 37.0. The van der Waals surface area contributed by atoms with Gasteiger partial charge in [0.25, 0.3) is 0 Å². The molecule has 36 heavy (non-hydrogen) atoms. The largest absolute Gasteiger partial charge is 0.393 e. The molecule has 3 saturated carbocycles. The van der Waals surface area contributed by atoms with Gasteiger partial charge in [-0.15, -0.1) is 0 Å². The summed E-state index contributed by atoms with van der Waals surface area (Å²) in [6.45, 7) is 3.41. The number of rotatable bonds is 3. The maximum absolute atomic E-state index is 13.9. The molecule has 2 aromatic rings. The molecule has 0 aliphatic heterocycles. The lowest BCUT2D eigenvalue weighted by Crippen LogP contribution is -2.62. The van der Waals surface area contributed by atoms with Crippen LogP contribution in [0.5, 0.6) is 0 Å². The Kier molecular flexibility index (Phi) is 5.18. The van der Waals surface area contributed by atoms with Crippen molar-refractivity contribution in [1.82, 2.24) is 9.78 Å². The Labute approximate surface area is 208 Å². The molecule has 4 aliphatic carbocycles. The fourth-order valence-electron chi connectivity index (χ4n) is 8.60. The van der Waals surface area contributed by atoms with E-state index in [1.165, 1.54) is 11.6 Å². The zero-order valence-corrected chi connectivity index (χ0v) is 20.5. The van der Waals surface area contributed by atoms with Gasteiger partial charge < -0.3 is 15.3 Å². The van der Waals surface area contributed by atoms with Gasteiger partial charge in [0.15, 0.2) is 17.4 Å². The highest BCUT2D eigenvalue weighted by Gasteiger charge is 2.68. The number of benzene rings is 1. The minimum Gasteiger partial charge on any atom is -0.393 e. The number of halogens is 2. The summed E-state index contributed by atoms with van der Waals surface area (Å²) in [5.41, 5.74) is 0.805. The summed E-state index contributed by atoms with van der Waals surface area (Å²) in [6.07, 6.45) is 6.80. The third-order valence-electron chi connectivity index (χ3n) is 10.3. The number of aliphatic hydroxyl groups is 3. The average Bonchev–Trinajstić information content (AvgIpc) is 3.36. The fourth-order valence-corrected chi connectivity index (χ4v) is 8.60. The Morgan fingerprint density at radius 3 is 2.72 bits per heavy atom. The van der Waals surface area contributed by atoms with Crippen molar-refractivity contribution in [2.45, 2.75) is 64.1 Å². The van der Waals surface area contributed by atoms with Gasteiger partial charge in [-0.3, -0.25) is 4.79 Å². The van der Waals surface area contributed by atoms with Crippen LogP contribution in [0, 0.1) is 40.2 Å². The van der Waals surface area contributed by atoms with Crippen molar-refractivity contribution in [2.24, 2.45) is 28.6 Å². The number of Topliss-reactive ketones (excluding diaryl/α,β-unsaturated/α-hetero) is 1. The van der Waals surface area contributed by atoms with Crippen LogP contribution < -0.4 is 0 Å². The van der Waals surface area contributed by atoms with Crippen LogP contribution in [-0.2, 0) is 11.2 Å². The molecule has 8 heteroatoms. The quantitative estimate of drug-likeness (QED) is 0.601. The monoisotopic (exact) mass is 498 g/mol. The van der Waals surface area contributed by atoms with E-state index in [2.05, 4.69) is 18.1 Å². The van der Waals surface area contributed by atoms with Crippen LogP contribution in [0.4, 0.5) is 8.78 Å². The van der Waals surface area contributed by atoms with E-state index < -0.39 is 41.1 Å². The molecule has 3 fully saturated rings. The number of allylic oxidation sites excluding steroid dienone is 1. The molecule has 4 aliphatic rings. The second kappa shape index (κ2) is 7.79. The number of fused-ring (bicyclic) bond motifs is 6. The summed E-state index contributed by atoms with van der Waals surface area (Å²) < 4.78 is 29.0. The van der Waals surface area contributed by atoms with E-state index in [9.17, 15) is 28.9 Å². The first-order chi connectivity index (χ1) is 17.0. The zero-order chi connectivity index (χ0) is 25.6. The number of aromatic nitrogens is 2. The minimum atomic E-state index is -1.61. The molecular formula is C28H32F2N2O4. The highest BCUT2D eigenvalue weighted by atomic mass is 19.2. The normalized spacial score (nSPS) is 39.0. The van der Waals surface area contributed by atoms with Gasteiger partial charge in [-0.05, 0) is 85.5 Å². The molecule has 0 radical (unpaired) electrons. The molecule has 0 spiro atoms. The highest BCUT2D eigenvalue weighted by molar-refractivity contribution is 5.89. The first-order valence-electron chi connectivity index (χ1n) is 12.8. The van der Waals surface area contributed by atoms with Crippen LogP contribution in [0.3, 0.4) is 0 Å². The molecule has 7 atom stereocenters. The van der Waals surface area contributed by atoms with Crippen molar-refractivity contribution in [3.05, 3.63) is 52.9 Å². The maximum atomic E-state index is 13.9. The molecule has 0 bridgehead atoms. The van der Waals surface area contributed by atoms with Crippen LogP contribution in [0.1, 0.15) is 57.2 Å². The summed E-state index contributed by atoms with van der Waals surface area (Å²) in [5.74, 6) is -2.19. The Morgan fingerprint density at radius 1 is 1.22 bits per heavy atom. The number of carbonyl (C=O) groups excluding carboxylic acids is 1. The molecule has 1 aromatic heterocycles. The Hall–Kier alpha value is -2.42. The number of hydrogen-bond donors (Lipinski definition) is 3. The SMILES string of the molecule is C[C@@]12Cc3cnn(-c4ccc(F)c(F)c4)c3C=C1CC[C@H]1[C@H]2[C@H](O)C[C@]2(C)[C@@H]1CC[C@@]2(O)C(=O)CO. The molecule has 0 amide bonds. The predicted molar refractivity (Wildman–Crippen MR) is 128 cm³/mol. The van der Waals surface area contributed by atoms with E-state index in [1.807, 2.05) is 6.92 Å². The summed E-state index contributed by atoms with van der Waals surface area (Å²) >= 11 is 0. The molecular weight excluding hydrogens is 466 g/mol. The van der Waals surface area contributed by atoms with E-state index in [0.29, 0.717) is 31.4 Å². The van der Waals surface area contributed by atoms with Crippen molar-refractivity contribution in [1.29, 1.82) is 0 Å². The van der Waals surface area contributed by atoms with Gasteiger partial charge in [0.1, 0.15) is 12.2 Å². The van der Waals surface area contributed by atoms with E-state index in [-0.39, 0.29) is 23.2 Å². The van der Waals surface area contributed by atoms with E-state index in [0.717, 1.165) is 36.2 Å². The first kappa shape index (κ1) is 23.9. The van der Waals surface area contributed by atoms with Crippen LogP contribution in [0.25, 0.3) is 11.8 Å². The van der Waals surface area contributed by atoms with Crippen LogP contribution >= 0.6 is 0 Å². The fraction of sp³-hybridized carbons (Fsp3) is 0.571. The molecule has 0 saturated heterocycles. The number of nitrogens with zero attached hydrogens (tertiary/aromatic N) is 2. The smallest absolute Gasteiger partial charge is 0.190 e. The second-order valence-corrected chi connectivity index (χ2v) is 11.8. The molecule has 6 nitrogen and oxygen atoms in total. The van der Waals surface area contributed by atoms with Crippen molar-refractivity contribution < 1.29 is 28.9 Å². The van der Waals surface area contributed by atoms with Crippen molar-refractivity contribution in [3.63, 3.8) is 0 Å². The van der Waals surface area contributed by atoms with Crippen molar-refractivity contribution in [2.75, 3.05) is 6.61 Å². The van der Waals surface area contributed by atoms with Gasteiger partial charge >= 0.3 is 0 Å². The lowest BCUT2D eigenvalue weighted by atomic mass is 9.45. The molecule has 0 unspecified atom stereocenters. The summed E-state index contributed by atoms with van der Waals surface area (Å²) in [7, 11) is 0. The van der Waals surface area contributed by atoms with Gasteiger partial charge in [-0.1, -0.05) is 19.4 Å². The van der Waals surface area contributed by atoms with Gasteiger partial charge in [0.05, 0.1) is 23.7 Å². The van der Waals surface area contributed by atoms with Gasteiger partial charge in [0, 0.05) is 11.5 Å². The van der Waals surface area contributed by atoms with Gasteiger partial charge in [0.2, 0.25) is 0 Å². The number of hydrogen-bond acceptors (Lipinski definition) is 5. The predicted octanol–water partition coefficient (Wildman–Crippen LogP) is 3.60. The van der Waals surface area contributed by atoms with Gasteiger partial charge in [-0.2, -0.15) is 5.10 Å². The zero-order valence-electron chi connectivity index (χ0n) is 20.5. The van der Waals surface area contributed by atoms with E-state index in [4.69, 9.17) is 0 Å². The number of carbonyl (C=O) groups is 1. The Bertz CT molecular complexity index is 1290. The lowest BCUT2D eigenvalue weighted by Gasteiger charge is -2.60. The average molecular weight is 499 g/mol. The molecule has 3 N–H and O–H groups in total. The van der Waals surface area contributed by atoms with Crippen LogP contribution in [-0.4, -0.2) is 49.2 Å². The third-order valence-corrected chi connectivity index (χ3v) is 10.3. The minimum absolute atomic E-state index is 0.0399. The van der Waals surface area contributed by atoms with Gasteiger partial charge in [-0.25, -0.2) is 13.5 Å². The Morgan fingerprint density at radius 2 is 2.00 bits per heavy atom. The maximum Gasteiger partial charge on any atom is 0.190 e. The standard InChI is InChI=1S/C28H32F2N2O4/c1-26-11-15-13-31-32(17-4-6-20(29)21(30)10-17)22(15)9-16(26)3-5-18-19-7-8-28(36,24(35)14-33)27(19,2)12-23(34)25(18)26/h4,6,9-10,13,18-19,23,25,33-34,36H,3,5,7-8,11-12,14H2,1-2H3/t18-,19-,23-,25+,26-,27-,28-/m1/s1. The summed E-state index contributed by atoms with van der Waals surface area (Å²) in [6, 6.07) is 3.76. The number of aliphatic hydroxyl groups excluding tert-OH is 2. The molecule has 6 rings (SSSR count). The van der Waals surface area contributed by atoms with Crippen molar-refractivity contribution >= 4 is 11.9 Å². The van der Waals surface area contributed by atoms with Crippen molar-refractivity contribution in [3.8, 4) is 5.69 Å². The van der Waals surface area contributed by atoms with E-state index in [1.54, 1.807) is 10.9 Å². The highest BCUT2D eigenvalue weighted by Crippen LogP contribution is 2.67. The first-order valence-corrected chi connectivity index (χ1v) is 12.8. The summed E-state index contributed by atoms with van der Waals surface area (Å²) in [4.78, 5) is 12.6. The molecule has 1 heterocycles. The molecule has 192 valence electrons. The Balaban J connectivity index is 1.37. The van der Waals surface area contributed by atoms with E-state index >= 15 is 0 Å². The lowest BCUT2D eigenvalue weighted by molar-refractivity contribution is -0.181.